The number of nitrogens with zero attached hydrogens (tertiary/aromatic N) is 1. The third-order valence-corrected chi connectivity index (χ3v) is 3.90. The van der Waals surface area contributed by atoms with Gasteiger partial charge in [-0.05, 0) is 32.0 Å². The quantitative estimate of drug-likeness (QED) is 0.915. The highest BCUT2D eigenvalue weighted by molar-refractivity contribution is 6.36. The summed E-state index contributed by atoms with van der Waals surface area (Å²) in [5.74, 6) is -0.537. The zero-order valence-electron chi connectivity index (χ0n) is 12.4. The van der Waals surface area contributed by atoms with Gasteiger partial charge in [-0.3, -0.25) is 9.59 Å². The summed E-state index contributed by atoms with van der Waals surface area (Å²) in [5.41, 5.74) is 0.294. The van der Waals surface area contributed by atoms with Gasteiger partial charge in [0.25, 0.3) is 5.91 Å². The lowest BCUT2D eigenvalue weighted by Gasteiger charge is -2.35. The molecule has 0 spiro atoms. The second kappa shape index (κ2) is 7.31. The highest BCUT2D eigenvalue weighted by Crippen LogP contribution is 2.20. The fraction of sp³-hybridized carbons (Fsp3) is 0.467. The van der Waals surface area contributed by atoms with Gasteiger partial charge in [0.2, 0.25) is 5.91 Å². The number of hydrogen-bond donors (Lipinski definition) is 1. The van der Waals surface area contributed by atoms with Gasteiger partial charge in [0.05, 0.1) is 29.3 Å². The maximum Gasteiger partial charge on any atom is 0.253 e. The second-order valence-electron chi connectivity index (χ2n) is 5.36. The van der Waals surface area contributed by atoms with E-state index in [1.165, 1.54) is 12.1 Å². The molecule has 1 heterocycles. The Hall–Kier alpha value is -1.30. The van der Waals surface area contributed by atoms with Gasteiger partial charge in [-0.2, -0.15) is 0 Å². The predicted octanol–water partition coefficient (Wildman–Crippen LogP) is 2.36. The Labute approximate surface area is 139 Å². The number of ether oxygens (including phenoxy) is 1. The van der Waals surface area contributed by atoms with E-state index in [2.05, 4.69) is 5.32 Å². The van der Waals surface area contributed by atoms with Gasteiger partial charge < -0.3 is 15.0 Å². The van der Waals surface area contributed by atoms with Crippen LogP contribution in [0.1, 0.15) is 24.2 Å². The number of carbonyl (C=O) groups is 2. The largest absolute Gasteiger partial charge is 0.372 e. The van der Waals surface area contributed by atoms with Crippen LogP contribution in [0.5, 0.6) is 0 Å². The molecule has 22 heavy (non-hydrogen) atoms. The van der Waals surface area contributed by atoms with Gasteiger partial charge in [-0.1, -0.05) is 23.2 Å². The molecule has 2 unspecified atom stereocenters. The predicted molar refractivity (Wildman–Crippen MR) is 85.4 cm³/mol. The summed E-state index contributed by atoms with van der Waals surface area (Å²) in [6.45, 7) is 4.82. The van der Waals surface area contributed by atoms with Crippen molar-refractivity contribution in [2.24, 2.45) is 0 Å². The van der Waals surface area contributed by atoms with Gasteiger partial charge in [-0.15, -0.1) is 0 Å². The molecule has 1 saturated heterocycles. The van der Waals surface area contributed by atoms with Gasteiger partial charge in [0.15, 0.2) is 0 Å². The van der Waals surface area contributed by atoms with Crippen LogP contribution in [0.3, 0.4) is 0 Å². The molecule has 1 fully saturated rings. The second-order valence-corrected chi connectivity index (χ2v) is 6.21. The number of halogens is 2. The van der Waals surface area contributed by atoms with Gasteiger partial charge in [0, 0.05) is 18.1 Å². The summed E-state index contributed by atoms with van der Waals surface area (Å²) in [4.78, 5) is 25.9. The number of hydrogen-bond acceptors (Lipinski definition) is 3. The summed E-state index contributed by atoms with van der Waals surface area (Å²) in [5, 5.41) is 3.30. The molecule has 1 aromatic rings. The van der Waals surface area contributed by atoms with E-state index in [1.54, 1.807) is 11.0 Å². The van der Waals surface area contributed by atoms with Crippen LogP contribution < -0.4 is 5.32 Å². The summed E-state index contributed by atoms with van der Waals surface area (Å²) in [7, 11) is 0. The zero-order chi connectivity index (χ0) is 16.3. The maximum atomic E-state index is 12.2. The Kier molecular flexibility index (Phi) is 5.67. The molecule has 7 heteroatoms. The molecule has 5 nitrogen and oxygen atoms in total. The topological polar surface area (TPSA) is 58.6 Å². The smallest absolute Gasteiger partial charge is 0.253 e. The van der Waals surface area contributed by atoms with Crippen LogP contribution in [0, 0.1) is 0 Å². The van der Waals surface area contributed by atoms with E-state index in [-0.39, 0.29) is 29.7 Å². The van der Waals surface area contributed by atoms with E-state index in [0.717, 1.165) is 0 Å². The highest BCUT2D eigenvalue weighted by atomic mass is 35.5. The van der Waals surface area contributed by atoms with Gasteiger partial charge >= 0.3 is 0 Å². The Balaban J connectivity index is 1.91. The average molecular weight is 345 g/mol. The molecule has 1 N–H and O–H groups in total. The number of rotatable bonds is 3. The highest BCUT2D eigenvalue weighted by Gasteiger charge is 2.26. The summed E-state index contributed by atoms with van der Waals surface area (Å²) >= 11 is 11.8. The molecule has 2 rings (SSSR count). The Morgan fingerprint density at radius 3 is 2.50 bits per heavy atom. The van der Waals surface area contributed by atoms with E-state index >= 15 is 0 Å². The van der Waals surface area contributed by atoms with Crippen molar-refractivity contribution in [2.75, 3.05) is 19.6 Å². The molecule has 120 valence electrons. The molecule has 1 aromatic carbocycles. The first kappa shape index (κ1) is 17.1. The average Bonchev–Trinajstić information content (AvgIpc) is 2.43. The number of benzene rings is 1. The first-order valence-electron chi connectivity index (χ1n) is 7.03. The standard InChI is InChI=1S/C15H18Cl2N2O3/c1-9-7-19(8-10(2)22-9)14(20)6-18-15(21)12-4-3-11(16)5-13(12)17/h3-5,9-10H,6-8H2,1-2H3,(H,18,21). The molecule has 0 aromatic heterocycles. The monoisotopic (exact) mass is 344 g/mol. The number of amides is 2. The summed E-state index contributed by atoms with van der Waals surface area (Å²) < 4.78 is 5.58. The number of morpholine rings is 1. The fourth-order valence-corrected chi connectivity index (χ4v) is 2.91. The van der Waals surface area contributed by atoms with E-state index in [1.807, 2.05) is 13.8 Å². The van der Waals surface area contributed by atoms with E-state index in [9.17, 15) is 9.59 Å². The van der Waals surface area contributed by atoms with Crippen molar-refractivity contribution in [3.05, 3.63) is 33.8 Å². The first-order valence-corrected chi connectivity index (χ1v) is 7.79. The summed E-state index contributed by atoms with van der Waals surface area (Å²) in [6.07, 6.45) is -0.0109. The van der Waals surface area contributed by atoms with Crippen LogP contribution in [-0.2, 0) is 9.53 Å². The van der Waals surface area contributed by atoms with E-state index in [0.29, 0.717) is 23.7 Å². The Morgan fingerprint density at radius 1 is 1.27 bits per heavy atom. The van der Waals surface area contributed by atoms with Crippen LogP contribution in [0.15, 0.2) is 18.2 Å². The van der Waals surface area contributed by atoms with E-state index in [4.69, 9.17) is 27.9 Å². The van der Waals surface area contributed by atoms with Crippen molar-refractivity contribution < 1.29 is 14.3 Å². The van der Waals surface area contributed by atoms with Crippen LogP contribution in [0.4, 0.5) is 0 Å². The Morgan fingerprint density at radius 2 is 1.91 bits per heavy atom. The lowest BCUT2D eigenvalue weighted by Crippen LogP contribution is -2.51. The van der Waals surface area contributed by atoms with Crippen molar-refractivity contribution in [1.82, 2.24) is 10.2 Å². The lowest BCUT2D eigenvalue weighted by molar-refractivity contribution is -0.142. The molecule has 0 aliphatic carbocycles. The zero-order valence-corrected chi connectivity index (χ0v) is 13.9. The minimum atomic E-state index is -0.399. The third-order valence-electron chi connectivity index (χ3n) is 3.35. The minimum Gasteiger partial charge on any atom is -0.372 e. The number of carbonyl (C=O) groups excluding carboxylic acids is 2. The third kappa shape index (κ3) is 4.35. The molecule has 0 radical (unpaired) electrons. The van der Waals surface area contributed by atoms with Crippen LogP contribution in [0.25, 0.3) is 0 Å². The fourth-order valence-electron chi connectivity index (χ4n) is 2.42. The number of nitrogens with one attached hydrogen (secondary N) is 1. The molecular formula is C15H18Cl2N2O3. The van der Waals surface area contributed by atoms with Crippen molar-refractivity contribution in [1.29, 1.82) is 0 Å². The SMILES string of the molecule is CC1CN(C(=O)CNC(=O)c2ccc(Cl)cc2Cl)CC(C)O1. The van der Waals surface area contributed by atoms with Crippen LogP contribution >= 0.6 is 23.2 Å². The van der Waals surface area contributed by atoms with Crippen LogP contribution in [-0.4, -0.2) is 48.6 Å². The van der Waals surface area contributed by atoms with Crippen molar-refractivity contribution in [3.8, 4) is 0 Å². The normalized spacial score (nSPS) is 21.5. The lowest BCUT2D eigenvalue weighted by atomic mass is 10.2. The van der Waals surface area contributed by atoms with Gasteiger partial charge in [-0.25, -0.2) is 0 Å². The van der Waals surface area contributed by atoms with Crippen LogP contribution in [0.2, 0.25) is 10.0 Å². The van der Waals surface area contributed by atoms with Gasteiger partial charge in [0.1, 0.15) is 0 Å². The molecule has 1 aliphatic heterocycles. The Bertz CT molecular complexity index is 570. The van der Waals surface area contributed by atoms with E-state index < -0.39 is 5.91 Å². The maximum absolute atomic E-state index is 12.2. The minimum absolute atomic E-state index is 0.00545. The first-order chi connectivity index (χ1) is 10.4. The molecule has 0 bridgehead atoms. The van der Waals surface area contributed by atoms with Crippen molar-refractivity contribution >= 4 is 35.0 Å². The van der Waals surface area contributed by atoms with Crippen molar-refractivity contribution in [2.45, 2.75) is 26.1 Å². The van der Waals surface area contributed by atoms with Crippen molar-refractivity contribution in [3.63, 3.8) is 0 Å². The molecule has 2 atom stereocenters. The molecule has 2 amide bonds. The summed E-state index contributed by atoms with van der Waals surface area (Å²) in [6, 6.07) is 4.60. The molecular weight excluding hydrogens is 327 g/mol. The molecule has 0 saturated carbocycles. The molecule has 1 aliphatic rings.